The van der Waals surface area contributed by atoms with Crippen LogP contribution in [0.2, 0.25) is 0 Å². The lowest BCUT2D eigenvalue weighted by molar-refractivity contribution is -0.137. The van der Waals surface area contributed by atoms with Gasteiger partial charge in [0.05, 0.1) is 24.4 Å². The van der Waals surface area contributed by atoms with Gasteiger partial charge in [-0.25, -0.2) is 4.68 Å². The minimum Gasteiger partial charge on any atom is -0.490 e. The predicted octanol–water partition coefficient (Wildman–Crippen LogP) is 1.08. The van der Waals surface area contributed by atoms with Crippen molar-refractivity contribution in [3.8, 4) is 5.75 Å². The molecule has 0 spiro atoms. The number of rotatable bonds is 7. The summed E-state index contributed by atoms with van der Waals surface area (Å²) in [6.45, 7) is 3.64. The number of para-hydroxylation sites is 1. The van der Waals surface area contributed by atoms with E-state index >= 15 is 0 Å². The van der Waals surface area contributed by atoms with Gasteiger partial charge in [-0.2, -0.15) is 0 Å². The van der Waals surface area contributed by atoms with Gasteiger partial charge in [0.25, 0.3) is 5.91 Å². The van der Waals surface area contributed by atoms with Crippen LogP contribution >= 0.6 is 0 Å². The van der Waals surface area contributed by atoms with E-state index in [1.165, 1.54) is 10.9 Å². The number of amides is 1. The number of carboxylic acids is 1. The molecule has 122 valence electrons. The molecule has 0 aliphatic rings. The van der Waals surface area contributed by atoms with E-state index in [1.54, 1.807) is 24.3 Å². The van der Waals surface area contributed by atoms with E-state index in [2.05, 4.69) is 15.6 Å². The first-order valence-corrected chi connectivity index (χ1v) is 7.10. The summed E-state index contributed by atoms with van der Waals surface area (Å²) in [6, 6.07) is 6.96. The topological polar surface area (TPSA) is 106 Å². The van der Waals surface area contributed by atoms with Crippen molar-refractivity contribution < 1.29 is 19.4 Å². The summed E-state index contributed by atoms with van der Waals surface area (Å²) in [5, 5.41) is 18.9. The molecule has 0 saturated carbocycles. The first kappa shape index (κ1) is 16.5. The molecule has 1 heterocycles. The Morgan fingerprint density at radius 2 is 2.09 bits per heavy atom. The largest absolute Gasteiger partial charge is 0.490 e. The van der Waals surface area contributed by atoms with Gasteiger partial charge >= 0.3 is 5.97 Å². The highest BCUT2D eigenvalue weighted by molar-refractivity contribution is 5.96. The Morgan fingerprint density at radius 3 is 2.78 bits per heavy atom. The highest BCUT2D eigenvalue weighted by Crippen LogP contribution is 2.19. The lowest BCUT2D eigenvalue weighted by Gasteiger charge is -2.13. The van der Waals surface area contributed by atoms with Crippen molar-refractivity contribution >= 4 is 11.9 Å². The van der Waals surface area contributed by atoms with Crippen LogP contribution in [0.1, 0.15) is 29.9 Å². The number of hydrogen-bond acceptors (Lipinski definition) is 5. The molecular formula is C15H18N4O4. The van der Waals surface area contributed by atoms with Gasteiger partial charge in [0, 0.05) is 0 Å². The molecule has 2 aromatic rings. The monoisotopic (exact) mass is 318 g/mol. The fourth-order valence-corrected chi connectivity index (χ4v) is 1.91. The van der Waals surface area contributed by atoms with Crippen LogP contribution in [-0.2, 0) is 17.9 Å². The Hall–Kier alpha value is -2.90. The van der Waals surface area contributed by atoms with Gasteiger partial charge in [-0.15, -0.1) is 5.10 Å². The number of benzene rings is 1. The van der Waals surface area contributed by atoms with E-state index in [0.29, 0.717) is 17.0 Å². The second-order valence-corrected chi connectivity index (χ2v) is 5.15. The van der Waals surface area contributed by atoms with Gasteiger partial charge in [0.15, 0.2) is 0 Å². The van der Waals surface area contributed by atoms with E-state index in [4.69, 9.17) is 9.84 Å². The smallest absolute Gasteiger partial charge is 0.325 e. The van der Waals surface area contributed by atoms with Crippen LogP contribution in [0.5, 0.6) is 5.75 Å². The molecule has 0 radical (unpaired) electrons. The lowest BCUT2D eigenvalue weighted by atomic mass is 10.2. The first-order chi connectivity index (χ1) is 11.0. The summed E-state index contributed by atoms with van der Waals surface area (Å²) in [6.07, 6.45) is 1.44. The number of ether oxygens (including phenoxy) is 1. The van der Waals surface area contributed by atoms with Crippen LogP contribution < -0.4 is 10.1 Å². The molecule has 1 amide bonds. The second-order valence-electron chi connectivity index (χ2n) is 5.15. The molecular weight excluding hydrogens is 300 g/mol. The van der Waals surface area contributed by atoms with Crippen LogP contribution in [0.4, 0.5) is 0 Å². The SMILES string of the molecule is CC(C)Oc1ccccc1C(=O)NCc1cn(CC(=O)O)nn1. The lowest BCUT2D eigenvalue weighted by Crippen LogP contribution is -2.24. The van der Waals surface area contributed by atoms with Crippen molar-refractivity contribution in [2.45, 2.75) is 33.0 Å². The van der Waals surface area contributed by atoms with Crippen molar-refractivity contribution in [2.24, 2.45) is 0 Å². The number of carboxylic acid groups (broad SMARTS) is 1. The second kappa shape index (κ2) is 7.39. The molecule has 0 aliphatic carbocycles. The molecule has 0 fully saturated rings. The Bertz CT molecular complexity index is 696. The van der Waals surface area contributed by atoms with Crippen molar-refractivity contribution in [1.82, 2.24) is 20.3 Å². The maximum atomic E-state index is 12.3. The third-order valence-corrected chi connectivity index (χ3v) is 2.81. The third kappa shape index (κ3) is 4.80. The van der Waals surface area contributed by atoms with E-state index in [1.807, 2.05) is 13.8 Å². The summed E-state index contributed by atoms with van der Waals surface area (Å²) in [7, 11) is 0. The first-order valence-electron chi connectivity index (χ1n) is 7.10. The van der Waals surface area contributed by atoms with Crippen LogP contribution in [0.15, 0.2) is 30.5 Å². The van der Waals surface area contributed by atoms with Gasteiger partial charge in [-0.1, -0.05) is 17.3 Å². The highest BCUT2D eigenvalue weighted by Gasteiger charge is 2.13. The number of aromatic nitrogens is 3. The normalized spacial score (nSPS) is 10.6. The van der Waals surface area contributed by atoms with Crippen molar-refractivity contribution in [3.05, 3.63) is 41.7 Å². The van der Waals surface area contributed by atoms with Crippen molar-refractivity contribution in [3.63, 3.8) is 0 Å². The van der Waals surface area contributed by atoms with E-state index < -0.39 is 5.97 Å². The molecule has 0 unspecified atom stereocenters. The molecule has 8 heteroatoms. The maximum absolute atomic E-state index is 12.3. The summed E-state index contributed by atoms with van der Waals surface area (Å²) in [5.41, 5.74) is 0.904. The van der Waals surface area contributed by atoms with Crippen LogP contribution in [0.3, 0.4) is 0 Å². The molecule has 2 rings (SSSR count). The molecule has 8 nitrogen and oxygen atoms in total. The quantitative estimate of drug-likeness (QED) is 0.791. The number of nitrogens with one attached hydrogen (secondary N) is 1. The summed E-state index contributed by atoms with van der Waals surface area (Å²) >= 11 is 0. The Labute approximate surface area is 133 Å². The predicted molar refractivity (Wildman–Crippen MR) is 81.0 cm³/mol. The molecule has 23 heavy (non-hydrogen) atoms. The zero-order valence-electron chi connectivity index (χ0n) is 12.9. The highest BCUT2D eigenvalue weighted by atomic mass is 16.5. The number of nitrogens with zero attached hydrogens (tertiary/aromatic N) is 3. The average molecular weight is 318 g/mol. The standard InChI is InChI=1S/C15H18N4O4/c1-10(2)23-13-6-4-3-5-12(13)15(22)16-7-11-8-19(18-17-11)9-14(20)21/h3-6,8,10H,7,9H2,1-2H3,(H,16,22)(H,20,21). The van der Waals surface area contributed by atoms with Crippen molar-refractivity contribution in [2.75, 3.05) is 0 Å². The van der Waals surface area contributed by atoms with E-state index in [9.17, 15) is 9.59 Å². The van der Waals surface area contributed by atoms with Gasteiger partial charge in [0.1, 0.15) is 18.0 Å². The Kier molecular flexibility index (Phi) is 5.29. The van der Waals surface area contributed by atoms with Crippen LogP contribution in [-0.4, -0.2) is 38.1 Å². The molecule has 0 aliphatic heterocycles. The summed E-state index contributed by atoms with van der Waals surface area (Å²) < 4.78 is 6.80. The minimum atomic E-state index is -1.01. The molecule has 2 N–H and O–H groups in total. The molecule has 0 saturated heterocycles. The Balaban J connectivity index is 2.00. The van der Waals surface area contributed by atoms with E-state index in [0.717, 1.165) is 0 Å². The molecule has 1 aromatic heterocycles. The summed E-state index contributed by atoms with van der Waals surface area (Å²) in [5.74, 6) is -0.797. The molecule has 1 aromatic carbocycles. The van der Waals surface area contributed by atoms with Gasteiger partial charge in [0.2, 0.25) is 0 Å². The van der Waals surface area contributed by atoms with E-state index in [-0.39, 0.29) is 25.1 Å². The fraction of sp³-hybridized carbons (Fsp3) is 0.333. The number of carbonyl (C=O) groups excluding carboxylic acids is 1. The van der Waals surface area contributed by atoms with Gasteiger partial charge in [-0.05, 0) is 26.0 Å². The average Bonchev–Trinajstić information content (AvgIpc) is 2.91. The number of hydrogen-bond donors (Lipinski definition) is 2. The van der Waals surface area contributed by atoms with Gasteiger partial charge < -0.3 is 15.2 Å². The van der Waals surface area contributed by atoms with Gasteiger partial charge in [-0.3, -0.25) is 9.59 Å². The number of carbonyl (C=O) groups is 2. The zero-order valence-corrected chi connectivity index (χ0v) is 12.9. The van der Waals surface area contributed by atoms with Crippen molar-refractivity contribution in [1.29, 1.82) is 0 Å². The third-order valence-electron chi connectivity index (χ3n) is 2.81. The molecule has 0 bridgehead atoms. The summed E-state index contributed by atoms with van der Waals surface area (Å²) in [4.78, 5) is 22.8. The maximum Gasteiger partial charge on any atom is 0.325 e. The number of aliphatic carboxylic acids is 1. The zero-order chi connectivity index (χ0) is 16.8. The molecule has 0 atom stereocenters. The van der Waals surface area contributed by atoms with Crippen LogP contribution in [0.25, 0.3) is 0 Å². The fourth-order valence-electron chi connectivity index (χ4n) is 1.91. The minimum absolute atomic E-state index is 0.0418. The van der Waals surface area contributed by atoms with Crippen LogP contribution in [0, 0.1) is 0 Å². The Morgan fingerprint density at radius 1 is 1.35 bits per heavy atom.